The highest BCUT2D eigenvalue weighted by Gasteiger charge is 2.43. The van der Waals surface area contributed by atoms with E-state index in [0.717, 1.165) is 32.5 Å². The number of amides is 1. The SMILES string of the molecule is CN1CCN(C(=O)C2(C)CCCO2)C(CN)C1. The topological polar surface area (TPSA) is 58.8 Å². The maximum atomic E-state index is 12.5. The third-order valence-electron chi connectivity index (χ3n) is 3.89. The number of carbonyl (C=O) groups is 1. The van der Waals surface area contributed by atoms with E-state index in [0.29, 0.717) is 13.2 Å². The zero-order valence-corrected chi connectivity index (χ0v) is 10.8. The Morgan fingerprint density at radius 3 is 2.88 bits per heavy atom. The molecule has 2 N–H and O–H groups in total. The van der Waals surface area contributed by atoms with Gasteiger partial charge in [-0.1, -0.05) is 0 Å². The van der Waals surface area contributed by atoms with Crippen molar-refractivity contribution in [1.82, 2.24) is 9.80 Å². The molecule has 0 radical (unpaired) electrons. The van der Waals surface area contributed by atoms with E-state index < -0.39 is 5.60 Å². The zero-order chi connectivity index (χ0) is 12.5. The predicted molar refractivity (Wildman–Crippen MR) is 65.6 cm³/mol. The normalized spacial score (nSPS) is 35.2. The minimum absolute atomic E-state index is 0.124. The van der Waals surface area contributed by atoms with Crippen molar-refractivity contribution in [3.05, 3.63) is 0 Å². The first-order valence-corrected chi connectivity index (χ1v) is 6.40. The molecule has 2 rings (SSSR count). The average molecular weight is 241 g/mol. The number of nitrogens with zero attached hydrogens (tertiary/aromatic N) is 2. The van der Waals surface area contributed by atoms with Crippen molar-refractivity contribution in [2.75, 3.05) is 39.8 Å². The van der Waals surface area contributed by atoms with Crippen molar-refractivity contribution >= 4 is 5.91 Å². The Kier molecular flexibility index (Phi) is 3.70. The van der Waals surface area contributed by atoms with Gasteiger partial charge in [-0.25, -0.2) is 0 Å². The molecular weight excluding hydrogens is 218 g/mol. The number of nitrogens with two attached hydrogens (primary N) is 1. The largest absolute Gasteiger partial charge is 0.365 e. The van der Waals surface area contributed by atoms with Gasteiger partial charge < -0.3 is 20.3 Å². The van der Waals surface area contributed by atoms with Gasteiger partial charge in [0.2, 0.25) is 0 Å². The van der Waals surface area contributed by atoms with E-state index in [2.05, 4.69) is 11.9 Å². The minimum Gasteiger partial charge on any atom is -0.365 e. The molecule has 2 atom stereocenters. The zero-order valence-electron chi connectivity index (χ0n) is 10.8. The van der Waals surface area contributed by atoms with Crippen molar-refractivity contribution < 1.29 is 9.53 Å². The van der Waals surface area contributed by atoms with Crippen LogP contribution in [0.5, 0.6) is 0 Å². The van der Waals surface area contributed by atoms with Crippen LogP contribution in [0.25, 0.3) is 0 Å². The predicted octanol–water partition coefficient (Wildman–Crippen LogP) is -0.343. The Morgan fingerprint density at radius 2 is 2.29 bits per heavy atom. The van der Waals surface area contributed by atoms with Crippen LogP contribution < -0.4 is 5.73 Å². The molecule has 17 heavy (non-hydrogen) atoms. The van der Waals surface area contributed by atoms with Crippen molar-refractivity contribution in [2.45, 2.75) is 31.4 Å². The molecule has 5 nitrogen and oxygen atoms in total. The summed E-state index contributed by atoms with van der Waals surface area (Å²) in [7, 11) is 2.07. The molecule has 0 aliphatic carbocycles. The standard InChI is InChI=1S/C12H23N3O2/c1-12(4-3-7-17-12)11(16)15-6-5-14(2)9-10(15)8-13/h10H,3-9,13H2,1-2H3. The van der Waals surface area contributed by atoms with Crippen molar-refractivity contribution in [3.63, 3.8) is 0 Å². The number of piperazine rings is 1. The van der Waals surface area contributed by atoms with E-state index in [4.69, 9.17) is 10.5 Å². The molecule has 5 heteroatoms. The highest BCUT2D eigenvalue weighted by atomic mass is 16.5. The number of hydrogen-bond acceptors (Lipinski definition) is 4. The Bertz CT molecular complexity index is 289. The number of likely N-dealkylation sites (N-methyl/N-ethyl adjacent to an activating group) is 1. The lowest BCUT2D eigenvalue weighted by molar-refractivity contribution is -0.155. The lowest BCUT2D eigenvalue weighted by Crippen LogP contribution is -2.61. The first-order chi connectivity index (χ1) is 8.07. The van der Waals surface area contributed by atoms with Gasteiger partial charge in [0, 0.05) is 32.8 Å². The maximum absolute atomic E-state index is 12.5. The third-order valence-corrected chi connectivity index (χ3v) is 3.89. The van der Waals surface area contributed by atoms with E-state index in [-0.39, 0.29) is 11.9 Å². The Hall–Kier alpha value is -0.650. The van der Waals surface area contributed by atoms with Gasteiger partial charge in [0.05, 0.1) is 6.04 Å². The van der Waals surface area contributed by atoms with Gasteiger partial charge in [-0.2, -0.15) is 0 Å². The van der Waals surface area contributed by atoms with Crippen LogP contribution in [0.1, 0.15) is 19.8 Å². The van der Waals surface area contributed by atoms with E-state index in [1.807, 2.05) is 11.8 Å². The van der Waals surface area contributed by atoms with Crippen molar-refractivity contribution in [2.24, 2.45) is 5.73 Å². The van der Waals surface area contributed by atoms with Gasteiger partial charge in [0.15, 0.2) is 0 Å². The van der Waals surface area contributed by atoms with Crippen LogP contribution in [-0.4, -0.2) is 67.2 Å². The highest BCUT2D eigenvalue weighted by molar-refractivity contribution is 5.85. The van der Waals surface area contributed by atoms with Crippen LogP contribution in [0.2, 0.25) is 0 Å². The Labute approximate surface area is 103 Å². The molecule has 1 amide bonds. The number of carbonyl (C=O) groups excluding carboxylic acids is 1. The molecule has 2 saturated heterocycles. The summed E-state index contributed by atoms with van der Waals surface area (Å²) < 4.78 is 5.63. The minimum atomic E-state index is -0.608. The second-order valence-corrected chi connectivity index (χ2v) is 5.33. The molecule has 0 saturated carbocycles. The summed E-state index contributed by atoms with van der Waals surface area (Å²) >= 11 is 0. The van der Waals surface area contributed by atoms with Gasteiger partial charge in [-0.05, 0) is 26.8 Å². The van der Waals surface area contributed by atoms with Crippen LogP contribution in [0.15, 0.2) is 0 Å². The summed E-state index contributed by atoms with van der Waals surface area (Å²) in [5.41, 5.74) is 5.17. The smallest absolute Gasteiger partial charge is 0.254 e. The average Bonchev–Trinajstić information content (AvgIpc) is 2.76. The summed E-state index contributed by atoms with van der Waals surface area (Å²) in [6.07, 6.45) is 1.80. The first-order valence-electron chi connectivity index (χ1n) is 6.40. The van der Waals surface area contributed by atoms with Gasteiger partial charge in [0.25, 0.3) is 5.91 Å². The molecule has 0 bridgehead atoms. The summed E-state index contributed by atoms with van der Waals surface area (Å²) in [4.78, 5) is 16.7. The summed E-state index contributed by atoms with van der Waals surface area (Å²) in [6.45, 7) is 5.66. The van der Waals surface area contributed by atoms with Crippen LogP contribution >= 0.6 is 0 Å². The fraction of sp³-hybridized carbons (Fsp3) is 0.917. The van der Waals surface area contributed by atoms with E-state index in [1.165, 1.54) is 0 Å². The molecular formula is C12H23N3O2. The molecule has 0 aromatic heterocycles. The van der Waals surface area contributed by atoms with E-state index in [1.54, 1.807) is 0 Å². The molecule has 98 valence electrons. The third kappa shape index (κ3) is 2.46. The molecule has 2 heterocycles. The van der Waals surface area contributed by atoms with Gasteiger partial charge >= 0.3 is 0 Å². The fourth-order valence-corrected chi connectivity index (χ4v) is 2.73. The summed E-state index contributed by atoms with van der Waals surface area (Å²) in [6, 6.07) is 0.127. The van der Waals surface area contributed by atoms with Gasteiger partial charge in [0.1, 0.15) is 5.60 Å². The first kappa shape index (κ1) is 12.8. The van der Waals surface area contributed by atoms with Crippen LogP contribution in [-0.2, 0) is 9.53 Å². The van der Waals surface area contributed by atoms with Crippen LogP contribution in [0, 0.1) is 0 Å². The lowest BCUT2D eigenvalue weighted by atomic mass is 9.99. The molecule has 2 fully saturated rings. The van der Waals surface area contributed by atoms with E-state index >= 15 is 0 Å². The second-order valence-electron chi connectivity index (χ2n) is 5.33. The number of hydrogen-bond donors (Lipinski definition) is 1. The Morgan fingerprint density at radius 1 is 1.53 bits per heavy atom. The summed E-state index contributed by atoms with van der Waals surface area (Å²) in [5, 5.41) is 0. The molecule has 2 aliphatic rings. The quantitative estimate of drug-likeness (QED) is 0.718. The molecule has 2 unspecified atom stereocenters. The maximum Gasteiger partial charge on any atom is 0.254 e. The van der Waals surface area contributed by atoms with Crippen LogP contribution in [0.3, 0.4) is 0 Å². The van der Waals surface area contributed by atoms with Gasteiger partial charge in [-0.15, -0.1) is 0 Å². The van der Waals surface area contributed by atoms with E-state index in [9.17, 15) is 4.79 Å². The summed E-state index contributed by atoms with van der Waals surface area (Å²) in [5.74, 6) is 0.124. The molecule has 0 aromatic rings. The van der Waals surface area contributed by atoms with Crippen molar-refractivity contribution in [1.29, 1.82) is 0 Å². The molecule has 0 aromatic carbocycles. The van der Waals surface area contributed by atoms with Crippen molar-refractivity contribution in [3.8, 4) is 0 Å². The monoisotopic (exact) mass is 241 g/mol. The molecule has 2 aliphatic heterocycles. The second kappa shape index (κ2) is 4.92. The fourth-order valence-electron chi connectivity index (χ4n) is 2.73. The van der Waals surface area contributed by atoms with Gasteiger partial charge in [-0.3, -0.25) is 4.79 Å². The Balaban J connectivity index is 2.07. The highest BCUT2D eigenvalue weighted by Crippen LogP contribution is 2.28. The number of rotatable bonds is 2. The van der Waals surface area contributed by atoms with Crippen LogP contribution in [0.4, 0.5) is 0 Å². The molecule has 0 spiro atoms. The number of ether oxygens (including phenoxy) is 1. The lowest BCUT2D eigenvalue weighted by Gasteiger charge is -2.42.